The van der Waals surface area contributed by atoms with Gasteiger partial charge in [-0.3, -0.25) is 0 Å². The van der Waals surface area contributed by atoms with E-state index in [0.717, 1.165) is 6.07 Å². The van der Waals surface area contributed by atoms with Gasteiger partial charge in [0.25, 0.3) is 0 Å². The molecule has 18 heavy (non-hydrogen) atoms. The third-order valence-electron chi connectivity index (χ3n) is 2.35. The van der Waals surface area contributed by atoms with Crippen molar-refractivity contribution in [2.45, 2.75) is 6.18 Å². The molecule has 0 saturated carbocycles. The molecule has 0 aliphatic carbocycles. The van der Waals surface area contributed by atoms with Gasteiger partial charge in [0, 0.05) is 11.3 Å². The van der Waals surface area contributed by atoms with Crippen molar-refractivity contribution in [2.24, 2.45) is 0 Å². The summed E-state index contributed by atoms with van der Waals surface area (Å²) in [6, 6.07) is 7.63. The van der Waals surface area contributed by atoms with Gasteiger partial charge in [-0.15, -0.1) is 0 Å². The van der Waals surface area contributed by atoms with Crippen LogP contribution in [-0.2, 0) is 6.18 Å². The predicted octanol–water partition coefficient (Wildman–Crippen LogP) is 4.57. The Bertz CT molecular complexity index is 630. The normalized spacial score (nSPS) is 11.6. The molecule has 1 nitrogen and oxygen atoms in total. The minimum absolute atomic E-state index is 0.312. The average molecular weight is 273 g/mol. The molecule has 0 fully saturated rings. The molecule has 0 amide bonds. The monoisotopic (exact) mass is 273 g/mol. The van der Waals surface area contributed by atoms with Crippen molar-refractivity contribution in [1.82, 2.24) is 4.98 Å². The predicted molar refractivity (Wildman–Crippen MR) is 62.0 cm³/mol. The molecule has 0 atom stereocenters. The van der Waals surface area contributed by atoms with Crippen molar-refractivity contribution in [3.63, 3.8) is 0 Å². The van der Waals surface area contributed by atoms with E-state index in [9.17, 15) is 17.6 Å². The van der Waals surface area contributed by atoms with Gasteiger partial charge in [-0.25, -0.2) is 4.39 Å². The number of hydrogen-bond donors (Lipinski definition) is 1. The highest BCUT2D eigenvalue weighted by Gasteiger charge is 2.33. The number of benzene rings is 1. The first-order chi connectivity index (χ1) is 8.38. The van der Waals surface area contributed by atoms with E-state index in [-0.39, 0.29) is 0 Å². The van der Waals surface area contributed by atoms with Gasteiger partial charge < -0.3 is 4.98 Å². The number of rotatable bonds is 1. The number of nitrogens with one attached hydrogen (secondary N) is 1. The van der Waals surface area contributed by atoms with Crippen LogP contribution in [0.2, 0.25) is 0 Å². The van der Waals surface area contributed by atoms with E-state index >= 15 is 0 Å². The van der Waals surface area contributed by atoms with Gasteiger partial charge in [0.15, 0.2) is 0 Å². The average Bonchev–Trinajstić information content (AvgIpc) is 2.27. The van der Waals surface area contributed by atoms with E-state index in [2.05, 4.69) is 4.98 Å². The second kappa shape index (κ2) is 4.53. The number of aromatic nitrogens is 1. The van der Waals surface area contributed by atoms with Crippen LogP contribution >= 0.6 is 12.2 Å². The molecule has 2 rings (SSSR count). The summed E-state index contributed by atoms with van der Waals surface area (Å²) in [6.45, 7) is 0. The summed E-state index contributed by atoms with van der Waals surface area (Å²) in [7, 11) is 0. The lowest BCUT2D eigenvalue weighted by molar-refractivity contribution is -0.139. The molecule has 0 bridgehead atoms. The highest BCUT2D eigenvalue weighted by molar-refractivity contribution is 7.71. The summed E-state index contributed by atoms with van der Waals surface area (Å²) in [5.74, 6) is -1.30. The van der Waals surface area contributed by atoms with Crippen LogP contribution in [0.1, 0.15) is 5.56 Å². The Morgan fingerprint density at radius 1 is 1.06 bits per heavy atom. The van der Waals surface area contributed by atoms with Crippen LogP contribution in [0.3, 0.4) is 0 Å². The Morgan fingerprint density at radius 2 is 1.78 bits per heavy atom. The highest BCUT2D eigenvalue weighted by atomic mass is 32.1. The molecule has 0 saturated heterocycles. The first kappa shape index (κ1) is 12.8. The van der Waals surface area contributed by atoms with Gasteiger partial charge in [0.05, 0.1) is 5.56 Å². The molecule has 1 heterocycles. The van der Waals surface area contributed by atoms with Crippen molar-refractivity contribution < 1.29 is 17.6 Å². The molecule has 0 radical (unpaired) electrons. The molecule has 1 aromatic carbocycles. The van der Waals surface area contributed by atoms with Gasteiger partial charge in [0.2, 0.25) is 0 Å². The number of H-pyrrole nitrogens is 1. The number of halogens is 4. The van der Waals surface area contributed by atoms with Crippen LogP contribution in [0.5, 0.6) is 0 Å². The molecular weight excluding hydrogens is 266 g/mol. The summed E-state index contributed by atoms with van der Waals surface area (Å²) in [6.07, 6.45) is -4.69. The van der Waals surface area contributed by atoms with E-state index < -0.39 is 17.6 Å². The zero-order valence-corrected chi connectivity index (χ0v) is 9.70. The first-order valence-corrected chi connectivity index (χ1v) is 5.35. The highest BCUT2D eigenvalue weighted by Crippen LogP contribution is 2.33. The SMILES string of the molecule is Fc1cc(-c2cccc(=S)[nH]2)ccc1C(F)(F)F. The lowest BCUT2D eigenvalue weighted by atomic mass is 10.1. The maximum atomic E-state index is 13.4. The third kappa shape index (κ3) is 2.59. The van der Waals surface area contributed by atoms with E-state index in [0.29, 0.717) is 22.0 Å². The molecule has 1 aromatic heterocycles. The van der Waals surface area contributed by atoms with Gasteiger partial charge in [-0.1, -0.05) is 24.4 Å². The van der Waals surface area contributed by atoms with Gasteiger partial charge in [0.1, 0.15) is 10.5 Å². The third-order valence-corrected chi connectivity index (χ3v) is 2.59. The zero-order chi connectivity index (χ0) is 13.3. The number of hydrogen-bond acceptors (Lipinski definition) is 1. The molecule has 0 spiro atoms. The van der Waals surface area contributed by atoms with Crippen molar-refractivity contribution >= 4 is 12.2 Å². The first-order valence-electron chi connectivity index (χ1n) is 4.94. The van der Waals surface area contributed by atoms with Gasteiger partial charge >= 0.3 is 6.18 Å². The Balaban J connectivity index is 2.50. The van der Waals surface area contributed by atoms with E-state index in [1.54, 1.807) is 18.2 Å². The van der Waals surface area contributed by atoms with Crippen molar-refractivity contribution in [1.29, 1.82) is 0 Å². The molecule has 6 heteroatoms. The second-order valence-corrected chi connectivity index (χ2v) is 4.06. The smallest absolute Gasteiger partial charge is 0.346 e. The van der Waals surface area contributed by atoms with Crippen LogP contribution in [-0.4, -0.2) is 4.98 Å². The Hall–Kier alpha value is -1.69. The molecule has 2 aromatic rings. The standard InChI is InChI=1S/C12H7F4NS/c13-9-6-7(4-5-8(9)12(14,15)16)10-2-1-3-11(18)17-10/h1-6H,(H,17,18). The van der Waals surface area contributed by atoms with E-state index in [1.807, 2.05) is 0 Å². The lowest BCUT2D eigenvalue weighted by Crippen LogP contribution is -2.07. The number of alkyl halides is 3. The minimum atomic E-state index is -4.69. The topological polar surface area (TPSA) is 15.8 Å². The summed E-state index contributed by atoms with van der Waals surface area (Å²) in [5.41, 5.74) is -0.497. The zero-order valence-electron chi connectivity index (χ0n) is 8.88. The molecule has 94 valence electrons. The van der Waals surface area contributed by atoms with Gasteiger partial charge in [-0.05, 0) is 24.3 Å². The summed E-state index contributed by atoms with van der Waals surface area (Å²) in [5, 5.41) is 0. The van der Waals surface area contributed by atoms with Crippen LogP contribution in [0.4, 0.5) is 17.6 Å². The Labute approximate surface area is 105 Å². The summed E-state index contributed by atoms with van der Waals surface area (Å²) < 4.78 is 50.9. The fraction of sp³-hybridized carbons (Fsp3) is 0.0833. The maximum Gasteiger partial charge on any atom is 0.419 e. The molecule has 0 aliphatic rings. The van der Waals surface area contributed by atoms with Crippen molar-refractivity contribution in [3.8, 4) is 11.3 Å². The van der Waals surface area contributed by atoms with Crippen LogP contribution in [0.25, 0.3) is 11.3 Å². The quantitative estimate of drug-likeness (QED) is 0.594. The molecule has 0 aliphatic heterocycles. The molecule has 1 N–H and O–H groups in total. The van der Waals surface area contributed by atoms with Crippen LogP contribution in [0.15, 0.2) is 36.4 Å². The number of aromatic amines is 1. The van der Waals surface area contributed by atoms with Crippen molar-refractivity contribution in [2.75, 3.05) is 0 Å². The minimum Gasteiger partial charge on any atom is -0.346 e. The second-order valence-electron chi connectivity index (χ2n) is 3.62. The van der Waals surface area contributed by atoms with Crippen molar-refractivity contribution in [3.05, 3.63) is 52.4 Å². The van der Waals surface area contributed by atoms with Crippen LogP contribution in [0, 0.1) is 10.5 Å². The molecular formula is C12H7F4NS. The fourth-order valence-corrected chi connectivity index (χ4v) is 1.72. The van der Waals surface area contributed by atoms with Crippen LogP contribution < -0.4 is 0 Å². The summed E-state index contributed by atoms with van der Waals surface area (Å²) >= 11 is 4.89. The number of pyridine rings is 1. The maximum absolute atomic E-state index is 13.4. The lowest BCUT2D eigenvalue weighted by Gasteiger charge is -2.09. The largest absolute Gasteiger partial charge is 0.419 e. The van der Waals surface area contributed by atoms with E-state index in [1.165, 1.54) is 6.07 Å². The Kier molecular flexibility index (Phi) is 3.21. The molecule has 0 unspecified atom stereocenters. The fourth-order valence-electron chi connectivity index (χ4n) is 1.53. The van der Waals surface area contributed by atoms with Gasteiger partial charge in [-0.2, -0.15) is 13.2 Å². The Morgan fingerprint density at radius 3 is 2.33 bits per heavy atom. The van der Waals surface area contributed by atoms with E-state index in [4.69, 9.17) is 12.2 Å². The summed E-state index contributed by atoms with van der Waals surface area (Å²) in [4.78, 5) is 2.78.